The maximum absolute atomic E-state index is 13.7. The van der Waals surface area contributed by atoms with Gasteiger partial charge in [-0.25, -0.2) is 18.1 Å². The maximum atomic E-state index is 13.7. The summed E-state index contributed by atoms with van der Waals surface area (Å²) < 4.78 is 34.0. The normalized spacial score (nSPS) is 19.7. The number of likely N-dealkylation sites (tertiary alicyclic amines) is 1. The monoisotopic (exact) mass is 638 g/mol. The zero-order valence-electron chi connectivity index (χ0n) is 24.9. The first-order valence-electron chi connectivity index (χ1n) is 14.2. The van der Waals surface area contributed by atoms with E-state index in [0.29, 0.717) is 54.3 Å². The number of carbonyl (C=O) groups is 3. The minimum absolute atomic E-state index is 0.0447. The molecule has 1 aromatic heterocycles. The third-order valence-electron chi connectivity index (χ3n) is 8.27. The van der Waals surface area contributed by atoms with E-state index in [9.17, 15) is 22.8 Å². The molecule has 42 heavy (non-hydrogen) atoms. The van der Waals surface area contributed by atoms with Gasteiger partial charge in [0, 0.05) is 30.2 Å². The number of esters is 1. The summed E-state index contributed by atoms with van der Waals surface area (Å²) in [7, 11) is -2.54. The lowest BCUT2D eigenvalue weighted by molar-refractivity contribution is -0.149. The lowest BCUT2D eigenvalue weighted by Gasteiger charge is -2.33. The molecule has 2 aromatic rings. The molecule has 4 rings (SSSR count). The molecule has 0 atom stereocenters. The van der Waals surface area contributed by atoms with Crippen molar-refractivity contribution in [2.45, 2.75) is 83.2 Å². The molecule has 1 aliphatic carbocycles. The fourth-order valence-electron chi connectivity index (χ4n) is 5.07. The van der Waals surface area contributed by atoms with Gasteiger partial charge in [-0.05, 0) is 70.4 Å². The molecule has 0 unspecified atom stereocenters. The molecule has 230 valence electrons. The second kappa shape index (κ2) is 12.6. The molecule has 2 N–H and O–H groups in total. The van der Waals surface area contributed by atoms with Gasteiger partial charge in [-0.15, -0.1) is 11.3 Å². The maximum Gasteiger partial charge on any atom is 0.308 e. The van der Waals surface area contributed by atoms with Gasteiger partial charge in [0.25, 0.3) is 11.8 Å². The Balaban J connectivity index is 1.69. The number of amides is 2. The highest BCUT2D eigenvalue weighted by atomic mass is 35.5. The molecular weight excluding hydrogens is 600 g/mol. The fourth-order valence-corrected chi connectivity index (χ4v) is 8.17. The highest BCUT2D eigenvalue weighted by molar-refractivity contribution is 7.89. The van der Waals surface area contributed by atoms with Gasteiger partial charge in [-0.3, -0.25) is 14.4 Å². The fraction of sp³-hybridized carbons (Fsp3) is 0.586. The number of rotatable bonds is 9. The molecule has 10 nitrogen and oxygen atoms in total. The number of nitrogens with one attached hydrogen (secondary N) is 2. The number of thiazole rings is 1. The minimum Gasteiger partial charge on any atom is -0.469 e. The summed E-state index contributed by atoms with van der Waals surface area (Å²) in [5.74, 6) is -0.777. The molecule has 1 saturated carbocycles. The third kappa shape index (κ3) is 6.82. The Morgan fingerprint density at radius 2 is 1.83 bits per heavy atom. The number of sulfonamides is 1. The van der Waals surface area contributed by atoms with Crippen molar-refractivity contribution in [3.05, 3.63) is 33.4 Å². The Morgan fingerprint density at radius 1 is 1.19 bits per heavy atom. The predicted molar refractivity (Wildman–Crippen MR) is 162 cm³/mol. The highest BCUT2D eigenvalue weighted by Gasteiger charge is 2.37. The van der Waals surface area contributed by atoms with E-state index >= 15 is 0 Å². The van der Waals surface area contributed by atoms with Gasteiger partial charge in [-0.2, -0.15) is 0 Å². The van der Waals surface area contributed by atoms with Crippen LogP contribution in [0.4, 0.5) is 0 Å². The van der Waals surface area contributed by atoms with E-state index in [0.717, 1.165) is 24.2 Å². The molecule has 0 spiro atoms. The number of halogens is 1. The molecular formula is C29H39ClN4O6S2. The molecule has 1 aromatic carbocycles. The zero-order valence-corrected chi connectivity index (χ0v) is 27.3. The van der Waals surface area contributed by atoms with Crippen LogP contribution in [0.3, 0.4) is 0 Å². The highest BCUT2D eigenvalue weighted by Crippen LogP contribution is 2.40. The van der Waals surface area contributed by atoms with E-state index in [1.807, 2.05) is 6.92 Å². The quantitative estimate of drug-likeness (QED) is 0.377. The van der Waals surface area contributed by atoms with Gasteiger partial charge in [0.15, 0.2) is 5.01 Å². The van der Waals surface area contributed by atoms with Crippen molar-refractivity contribution in [3.63, 3.8) is 0 Å². The summed E-state index contributed by atoms with van der Waals surface area (Å²) in [6.07, 6.45) is 3.27. The van der Waals surface area contributed by atoms with Crippen LogP contribution in [0.5, 0.6) is 0 Å². The van der Waals surface area contributed by atoms with E-state index in [1.54, 1.807) is 31.7 Å². The van der Waals surface area contributed by atoms with Gasteiger partial charge >= 0.3 is 5.97 Å². The Hall–Kier alpha value is -2.54. The van der Waals surface area contributed by atoms with Crippen LogP contribution in [0.15, 0.2) is 17.0 Å². The van der Waals surface area contributed by atoms with Crippen molar-refractivity contribution in [2.75, 3.05) is 20.2 Å². The first-order valence-corrected chi connectivity index (χ1v) is 16.9. The molecule has 0 radical (unpaired) electrons. The Labute approximate surface area is 256 Å². The van der Waals surface area contributed by atoms with Crippen molar-refractivity contribution >= 4 is 50.7 Å². The summed E-state index contributed by atoms with van der Waals surface area (Å²) in [5.41, 5.74) is 0.228. The molecule has 0 bridgehead atoms. The lowest BCUT2D eigenvalue weighted by atomic mass is 9.80. The van der Waals surface area contributed by atoms with Crippen LogP contribution < -0.4 is 10.0 Å². The molecule has 2 amide bonds. The largest absolute Gasteiger partial charge is 0.469 e. The van der Waals surface area contributed by atoms with Crippen LogP contribution in [-0.2, 0) is 19.6 Å². The van der Waals surface area contributed by atoms with Crippen LogP contribution >= 0.6 is 22.9 Å². The zero-order chi connectivity index (χ0) is 31.0. The van der Waals surface area contributed by atoms with Gasteiger partial charge in [0.05, 0.1) is 27.8 Å². The van der Waals surface area contributed by atoms with Crippen molar-refractivity contribution in [2.24, 2.45) is 11.8 Å². The van der Waals surface area contributed by atoms with Crippen LogP contribution in [0, 0.1) is 18.8 Å². The number of hydrogen-bond donors (Lipinski definition) is 2. The van der Waals surface area contributed by atoms with E-state index in [1.165, 1.54) is 13.2 Å². The third-order valence-corrected chi connectivity index (χ3v) is 11.7. The second-order valence-corrected chi connectivity index (χ2v) is 15.0. The number of aromatic nitrogens is 1. The van der Waals surface area contributed by atoms with Gasteiger partial charge in [0.1, 0.15) is 5.69 Å². The molecule has 1 saturated heterocycles. The summed E-state index contributed by atoms with van der Waals surface area (Å²) in [6.45, 7) is 10.4. The number of ether oxygens (including phenoxy) is 1. The summed E-state index contributed by atoms with van der Waals surface area (Å²) in [5, 5.41) is 3.16. The van der Waals surface area contributed by atoms with Crippen LogP contribution in [0.1, 0.15) is 85.7 Å². The Bertz CT molecular complexity index is 1470. The van der Waals surface area contributed by atoms with Gasteiger partial charge in [0.2, 0.25) is 10.0 Å². The van der Waals surface area contributed by atoms with Crippen LogP contribution in [0.2, 0.25) is 5.02 Å². The summed E-state index contributed by atoms with van der Waals surface area (Å²) in [4.78, 5) is 45.4. The second-order valence-electron chi connectivity index (χ2n) is 11.9. The SMILES string of the molecule is CCC(C)(C)NS(=O)(=O)c1ccc(-c2sc(C(=O)NC3CC(C(=O)OC)C3)nc2C(=O)N2CCC(C)CC2)c(Cl)c1C. The lowest BCUT2D eigenvalue weighted by Crippen LogP contribution is -2.47. The Kier molecular flexibility index (Phi) is 9.71. The average Bonchev–Trinajstić information content (AvgIpc) is 3.36. The molecule has 2 aliphatic rings. The van der Waals surface area contributed by atoms with E-state index in [2.05, 4.69) is 21.9 Å². The number of benzene rings is 1. The molecule has 13 heteroatoms. The summed E-state index contributed by atoms with van der Waals surface area (Å²) >= 11 is 7.85. The van der Waals surface area contributed by atoms with E-state index in [-0.39, 0.29) is 44.5 Å². The van der Waals surface area contributed by atoms with Crippen molar-refractivity contribution < 1.29 is 27.5 Å². The molecule has 2 fully saturated rings. The first-order chi connectivity index (χ1) is 19.7. The smallest absolute Gasteiger partial charge is 0.308 e. The Morgan fingerprint density at radius 3 is 2.43 bits per heavy atom. The van der Waals surface area contributed by atoms with Crippen LogP contribution in [-0.4, -0.2) is 67.9 Å². The molecule has 2 heterocycles. The minimum atomic E-state index is -3.88. The average molecular weight is 639 g/mol. The first kappa shape index (κ1) is 32.4. The van der Waals surface area contributed by atoms with Crippen molar-refractivity contribution in [1.82, 2.24) is 19.9 Å². The number of hydrogen-bond acceptors (Lipinski definition) is 8. The number of nitrogens with zero attached hydrogens (tertiary/aromatic N) is 2. The number of carbonyl (C=O) groups excluding carboxylic acids is 3. The molecule has 1 aliphatic heterocycles. The van der Waals surface area contributed by atoms with E-state index < -0.39 is 21.5 Å². The predicted octanol–water partition coefficient (Wildman–Crippen LogP) is 4.79. The van der Waals surface area contributed by atoms with Crippen molar-refractivity contribution in [1.29, 1.82) is 0 Å². The van der Waals surface area contributed by atoms with Gasteiger partial charge in [-0.1, -0.05) is 31.5 Å². The van der Waals surface area contributed by atoms with Crippen LogP contribution in [0.25, 0.3) is 10.4 Å². The van der Waals surface area contributed by atoms with Crippen molar-refractivity contribution in [3.8, 4) is 10.4 Å². The number of methoxy groups -OCH3 is 1. The topological polar surface area (TPSA) is 135 Å². The summed E-state index contributed by atoms with van der Waals surface area (Å²) in [6, 6.07) is 2.84. The van der Waals surface area contributed by atoms with Gasteiger partial charge < -0.3 is 15.0 Å². The standard InChI is InChI=1S/C29H39ClN4O6S2/c1-7-29(4,5)33-42(38,39)21-9-8-20(22(30)17(21)3)24-23(27(36)34-12-10-16(2)11-13-34)32-26(41-24)25(35)31-19-14-18(15-19)28(37)40-6/h8-9,16,18-19,33H,7,10-15H2,1-6H3,(H,31,35). The number of piperidine rings is 1. The van der Waals surface area contributed by atoms with E-state index in [4.69, 9.17) is 16.3 Å².